The predicted molar refractivity (Wildman–Crippen MR) is 118 cm³/mol. The monoisotopic (exact) mass is 457 g/mol. The van der Waals surface area contributed by atoms with Crippen molar-refractivity contribution in [1.82, 2.24) is 9.88 Å². The summed E-state index contributed by atoms with van der Waals surface area (Å²) >= 11 is 1.61. The topological polar surface area (TPSA) is 71.1 Å². The maximum Gasteiger partial charge on any atom is 0.185 e. The number of ether oxygens (including phenoxy) is 1. The number of rotatable bonds is 5. The summed E-state index contributed by atoms with van der Waals surface area (Å²) in [6.07, 6.45) is -0.342. The Kier molecular flexibility index (Phi) is 5.75. The summed E-state index contributed by atoms with van der Waals surface area (Å²) < 4.78 is 40.3. The molecular weight excluding hydrogens is 436 g/mol. The van der Waals surface area contributed by atoms with Crippen molar-refractivity contribution in [3.8, 4) is 17.2 Å². The zero-order valence-electron chi connectivity index (χ0n) is 17.1. The van der Waals surface area contributed by atoms with Gasteiger partial charge in [0.1, 0.15) is 35.2 Å². The molecule has 1 N–H and O–H groups in total. The zero-order chi connectivity index (χ0) is 22.1. The molecule has 1 fully saturated rings. The third-order valence-electron chi connectivity index (χ3n) is 5.63. The van der Waals surface area contributed by atoms with E-state index in [0.29, 0.717) is 46.5 Å². The fourth-order valence-electron chi connectivity index (χ4n) is 3.93. The molecule has 3 aromatic heterocycles. The van der Waals surface area contributed by atoms with E-state index >= 15 is 0 Å². The number of aromatic nitrogens is 1. The molecule has 5 rings (SSSR count). The van der Waals surface area contributed by atoms with E-state index in [9.17, 15) is 14.0 Å². The van der Waals surface area contributed by atoms with E-state index in [-0.39, 0.29) is 19.6 Å². The van der Waals surface area contributed by atoms with Crippen LogP contribution in [0.25, 0.3) is 32.5 Å². The van der Waals surface area contributed by atoms with Crippen LogP contribution in [-0.4, -0.2) is 47.3 Å². The molecule has 1 aliphatic heterocycles. The molecule has 4 aromatic rings. The number of pyridine rings is 1. The minimum Gasteiger partial charge on any atom is -0.492 e. The Balaban J connectivity index is 1.37. The summed E-state index contributed by atoms with van der Waals surface area (Å²) in [6, 6.07) is 10.7. The fraction of sp³-hybridized carbons (Fsp3) is 0.304. The Morgan fingerprint density at radius 3 is 3.03 bits per heavy atom. The molecule has 1 saturated heterocycles. The molecular formula is C23H21F2N3O3S. The van der Waals surface area contributed by atoms with E-state index in [1.54, 1.807) is 41.8 Å². The van der Waals surface area contributed by atoms with Gasteiger partial charge in [-0.1, -0.05) is 5.16 Å². The number of piperidine rings is 1. The second-order valence-electron chi connectivity index (χ2n) is 7.70. The van der Waals surface area contributed by atoms with E-state index in [1.807, 2.05) is 17.5 Å². The molecule has 0 spiro atoms. The van der Waals surface area contributed by atoms with Crippen molar-refractivity contribution in [2.24, 2.45) is 5.16 Å². The highest BCUT2D eigenvalue weighted by Crippen LogP contribution is 2.28. The van der Waals surface area contributed by atoms with Crippen molar-refractivity contribution in [1.29, 1.82) is 0 Å². The van der Waals surface area contributed by atoms with Crippen LogP contribution in [0.1, 0.15) is 12.8 Å². The first-order valence-electron chi connectivity index (χ1n) is 10.4. The Morgan fingerprint density at radius 1 is 1.25 bits per heavy atom. The van der Waals surface area contributed by atoms with Gasteiger partial charge in [-0.15, -0.1) is 11.3 Å². The second kappa shape index (κ2) is 8.84. The highest BCUT2D eigenvalue weighted by molar-refractivity contribution is 7.17. The molecule has 2 unspecified atom stereocenters. The van der Waals surface area contributed by atoms with Crippen molar-refractivity contribution in [2.45, 2.75) is 25.3 Å². The number of fused-ring (bicyclic) bond motifs is 2. The van der Waals surface area contributed by atoms with E-state index in [4.69, 9.17) is 9.15 Å². The minimum atomic E-state index is -1.58. The van der Waals surface area contributed by atoms with Crippen LogP contribution in [0.5, 0.6) is 5.75 Å². The van der Waals surface area contributed by atoms with Gasteiger partial charge in [-0.2, -0.15) is 0 Å². The van der Waals surface area contributed by atoms with Gasteiger partial charge in [-0.25, -0.2) is 8.78 Å². The van der Waals surface area contributed by atoms with E-state index in [1.165, 1.54) is 4.90 Å². The number of likely N-dealkylation sites (tertiary alicyclic amines) is 1. The number of nitrogens with zero attached hydrogens (tertiary/aromatic N) is 3. The summed E-state index contributed by atoms with van der Waals surface area (Å²) in [5, 5.41) is 16.9. The molecule has 166 valence electrons. The SMILES string of the molecule is ON=c1cc(-c2cc3sccc3cn2)oc2ccc(OCCN3CCCC(F)C3F)cc12. The smallest absolute Gasteiger partial charge is 0.185 e. The van der Waals surface area contributed by atoms with Crippen molar-refractivity contribution in [2.75, 3.05) is 19.7 Å². The first kappa shape index (κ1) is 20.8. The first-order chi connectivity index (χ1) is 15.6. The Morgan fingerprint density at radius 2 is 2.16 bits per heavy atom. The van der Waals surface area contributed by atoms with Crippen molar-refractivity contribution >= 4 is 32.4 Å². The molecule has 32 heavy (non-hydrogen) atoms. The van der Waals surface area contributed by atoms with E-state index in [0.717, 1.165) is 10.1 Å². The lowest BCUT2D eigenvalue weighted by Gasteiger charge is -2.32. The van der Waals surface area contributed by atoms with Gasteiger partial charge in [0.15, 0.2) is 12.1 Å². The number of thiophene rings is 1. The summed E-state index contributed by atoms with van der Waals surface area (Å²) in [5.41, 5.74) is 1.15. The molecule has 0 aliphatic carbocycles. The Hall–Kier alpha value is -3.04. The van der Waals surface area contributed by atoms with E-state index < -0.39 is 12.5 Å². The lowest BCUT2D eigenvalue weighted by atomic mass is 10.1. The molecule has 4 heterocycles. The number of halogens is 2. The molecule has 0 amide bonds. The lowest BCUT2D eigenvalue weighted by molar-refractivity contribution is -0.0241. The van der Waals surface area contributed by atoms with Gasteiger partial charge in [-0.3, -0.25) is 9.88 Å². The summed E-state index contributed by atoms with van der Waals surface area (Å²) in [6.45, 7) is 1.02. The van der Waals surface area contributed by atoms with Gasteiger partial charge in [0.25, 0.3) is 0 Å². The summed E-state index contributed by atoms with van der Waals surface area (Å²) in [5.74, 6) is 1.00. The highest BCUT2D eigenvalue weighted by atomic mass is 32.1. The predicted octanol–water partition coefficient (Wildman–Crippen LogP) is 5.11. The van der Waals surface area contributed by atoms with E-state index in [2.05, 4.69) is 10.1 Å². The fourth-order valence-corrected chi connectivity index (χ4v) is 4.73. The zero-order valence-corrected chi connectivity index (χ0v) is 17.9. The molecule has 1 aromatic carbocycles. The average Bonchev–Trinajstić information content (AvgIpc) is 3.29. The van der Waals surface area contributed by atoms with Crippen LogP contribution in [0.2, 0.25) is 0 Å². The van der Waals surface area contributed by atoms with Crippen LogP contribution >= 0.6 is 11.3 Å². The average molecular weight is 458 g/mol. The normalized spacial score (nSPS) is 20.2. The molecule has 0 radical (unpaired) electrons. The quantitative estimate of drug-likeness (QED) is 0.256. The third-order valence-corrected chi connectivity index (χ3v) is 6.51. The Labute approximate surface area is 186 Å². The van der Waals surface area contributed by atoms with Crippen LogP contribution in [0.4, 0.5) is 8.78 Å². The van der Waals surface area contributed by atoms with Crippen LogP contribution < -0.4 is 10.1 Å². The minimum absolute atomic E-state index is 0.213. The first-order valence-corrected chi connectivity index (χ1v) is 11.2. The van der Waals surface area contributed by atoms with Crippen LogP contribution in [0, 0.1) is 0 Å². The third kappa shape index (κ3) is 4.05. The van der Waals surface area contributed by atoms with Crippen LogP contribution in [-0.2, 0) is 0 Å². The van der Waals surface area contributed by atoms with Gasteiger partial charge >= 0.3 is 0 Å². The molecule has 0 bridgehead atoms. The largest absolute Gasteiger partial charge is 0.492 e. The summed E-state index contributed by atoms with van der Waals surface area (Å²) in [4.78, 5) is 5.91. The lowest BCUT2D eigenvalue weighted by Crippen LogP contribution is -2.45. The van der Waals surface area contributed by atoms with Crippen molar-refractivity contribution in [3.63, 3.8) is 0 Å². The molecule has 2 atom stereocenters. The second-order valence-corrected chi connectivity index (χ2v) is 8.64. The molecule has 6 nitrogen and oxygen atoms in total. The molecule has 0 saturated carbocycles. The van der Waals surface area contributed by atoms with Crippen LogP contribution in [0.3, 0.4) is 0 Å². The maximum atomic E-state index is 14.0. The summed E-state index contributed by atoms with van der Waals surface area (Å²) in [7, 11) is 0. The van der Waals surface area contributed by atoms with Gasteiger partial charge in [0.2, 0.25) is 0 Å². The van der Waals surface area contributed by atoms with Gasteiger partial charge in [0, 0.05) is 35.4 Å². The number of benzene rings is 1. The van der Waals surface area contributed by atoms with Crippen molar-refractivity contribution in [3.05, 3.63) is 53.3 Å². The van der Waals surface area contributed by atoms with Gasteiger partial charge < -0.3 is 14.4 Å². The van der Waals surface area contributed by atoms with Crippen molar-refractivity contribution < 1.29 is 23.1 Å². The number of alkyl halides is 2. The number of hydrogen-bond acceptors (Lipinski definition) is 7. The Bertz CT molecular complexity index is 1320. The van der Waals surface area contributed by atoms with Crippen LogP contribution in [0.15, 0.2) is 57.5 Å². The molecule has 1 aliphatic rings. The highest BCUT2D eigenvalue weighted by Gasteiger charge is 2.30. The van der Waals surface area contributed by atoms with Gasteiger partial charge in [0.05, 0.1) is 5.39 Å². The maximum absolute atomic E-state index is 14.0. The standard InChI is InChI=1S/C23H21F2N3O3S/c24-17-2-1-6-28(23(17)25)7-8-30-15-3-4-20-16(10-15)18(27-29)11-21(31-20)19-12-22-14(13-26-19)5-9-32-22/h3-5,9-13,17,23,29H,1-2,6-8H2. The van der Waals surface area contributed by atoms with Gasteiger partial charge in [-0.05, 0) is 48.6 Å². The number of hydrogen-bond donors (Lipinski definition) is 1. The molecule has 9 heteroatoms.